The lowest BCUT2D eigenvalue weighted by Crippen LogP contribution is -2.00. The molecule has 0 N–H and O–H groups in total. The molecule has 0 atom stereocenters. The van der Waals surface area contributed by atoms with Crippen LogP contribution in [0.4, 0.5) is 0 Å². The zero-order chi connectivity index (χ0) is 9.97. The Morgan fingerprint density at radius 2 is 2.07 bits per heavy atom. The van der Waals surface area contributed by atoms with E-state index in [1.54, 1.807) is 11.8 Å². The third-order valence-electron chi connectivity index (χ3n) is 1.99. The van der Waals surface area contributed by atoms with E-state index in [1.165, 1.54) is 4.90 Å². The summed E-state index contributed by atoms with van der Waals surface area (Å²) in [4.78, 5) is 16.5. The zero-order valence-corrected chi connectivity index (χ0v) is 8.50. The molecular weight excluding hydrogens is 198 g/mol. The first-order valence-corrected chi connectivity index (χ1v) is 5.43. The summed E-state index contributed by atoms with van der Waals surface area (Å²) >= 11 is 1.68. The van der Waals surface area contributed by atoms with Gasteiger partial charge >= 0.3 is 5.97 Å². The van der Waals surface area contributed by atoms with E-state index in [1.807, 2.05) is 30.5 Å². The molecule has 2 rings (SSSR count). The fraction of sp³-hybridized carbons (Fsp3) is 0.200. The summed E-state index contributed by atoms with van der Waals surface area (Å²) in [5, 5.41) is 3.70. The van der Waals surface area contributed by atoms with Gasteiger partial charge in [0, 0.05) is 10.5 Å². The zero-order valence-electron chi connectivity index (χ0n) is 7.69. The number of benzene rings is 1. The van der Waals surface area contributed by atoms with Crippen molar-refractivity contribution in [2.75, 3.05) is 6.26 Å². The van der Waals surface area contributed by atoms with Crippen LogP contribution in [0.5, 0.6) is 0 Å². The first kappa shape index (κ1) is 9.27. The SMILES string of the molecule is CSc1ccc(C2=NOC(=O)C2)cc1. The minimum absolute atomic E-state index is 0.276. The third kappa shape index (κ3) is 1.80. The van der Waals surface area contributed by atoms with Crippen molar-refractivity contribution in [2.24, 2.45) is 5.16 Å². The van der Waals surface area contributed by atoms with Crippen LogP contribution in [-0.4, -0.2) is 17.9 Å². The lowest BCUT2D eigenvalue weighted by Gasteiger charge is -1.98. The van der Waals surface area contributed by atoms with Gasteiger partial charge in [0.2, 0.25) is 0 Å². The molecule has 3 nitrogen and oxygen atoms in total. The summed E-state index contributed by atoms with van der Waals surface area (Å²) in [6, 6.07) is 7.91. The molecule has 0 bridgehead atoms. The van der Waals surface area contributed by atoms with Crippen molar-refractivity contribution in [1.82, 2.24) is 0 Å². The summed E-state index contributed by atoms with van der Waals surface area (Å²) in [7, 11) is 0. The standard InChI is InChI=1S/C10H9NO2S/c1-14-8-4-2-7(3-5-8)9-6-10(12)13-11-9/h2-5H,6H2,1H3. The predicted octanol–water partition coefficient (Wildman–Crippen LogP) is 2.06. The van der Waals surface area contributed by atoms with Crippen LogP contribution in [-0.2, 0) is 9.63 Å². The van der Waals surface area contributed by atoms with Gasteiger partial charge in [-0.1, -0.05) is 17.3 Å². The van der Waals surface area contributed by atoms with Crippen molar-refractivity contribution in [1.29, 1.82) is 0 Å². The summed E-state index contributed by atoms with van der Waals surface area (Å²) < 4.78 is 0. The Kier molecular flexibility index (Phi) is 2.54. The molecule has 0 aliphatic carbocycles. The lowest BCUT2D eigenvalue weighted by atomic mass is 10.1. The van der Waals surface area contributed by atoms with E-state index in [-0.39, 0.29) is 12.4 Å². The van der Waals surface area contributed by atoms with Crippen LogP contribution in [0.15, 0.2) is 34.3 Å². The van der Waals surface area contributed by atoms with Gasteiger partial charge in [0.25, 0.3) is 0 Å². The average molecular weight is 207 g/mol. The minimum Gasteiger partial charge on any atom is -0.318 e. The maximum Gasteiger partial charge on any atom is 0.341 e. The van der Waals surface area contributed by atoms with Crippen molar-refractivity contribution in [3.8, 4) is 0 Å². The van der Waals surface area contributed by atoms with Gasteiger partial charge in [-0.15, -0.1) is 11.8 Å². The van der Waals surface area contributed by atoms with Gasteiger partial charge in [-0.3, -0.25) is 0 Å². The monoisotopic (exact) mass is 207 g/mol. The van der Waals surface area contributed by atoms with Gasteiger partial charge in [0.1, 0.15) is 0 Å². The molecule has 1 aliphatic heterocycles. The Morgan fingerprint density at radius 3 is 2.57 bits per heavy atom. The number of nitrogens with zero attached hydrogens (tertiary/aromatic N) is 1. The van der Waals surface area contributed by atoms with Gasteiger partial charge in [0.05, 0.1) is 12.1 Å². The topological polar surface area (TPSA) is 38.7 Å². The van der Waals surface area contributed by atoms with Gasteiger partial charge < -0.3 is 4.84 Å². The number of hydrogen-bond donors (Lipinski definition) is 0. The first-order chi connectivity index (χ1) is 6.79. The maximum atomic E-state index is 10.8. The van der Waals surface area contributed by atoms with Crippen LogP contribution < -0.4 is 0 Å². The molecule has 1 aromatic carbocycles. The second-order valence-corrected chi connectivity index (χ2v) is 3.79. The molecule has 1 aliphatic rings. The molecule has 0 saturated heterocycles. The van der Waals surface area contributed by atoms with Crippen LogP contribution in [0.3, 0.4) is 0 Å². The molecular formula is C10H9NO2S. The molecule has 4 heteroatoms. The van der Waals surface area contributed by atoms with Gasteiger partial charge in [-0.2, -0.15) is 0 Å². The van der Waals surface area contributed by atoms with Crippen LogP contribution >= 0.6 is 11.8 Å². The highest BCUT2D eigenvalue weighted by molar-refractivity contribution is 7.98. The summed E-state index contributed by atoms with van der Waals surface area (Å²) in [6.45, 7) is 0. The molecule has 1 aromatic rings. The summed E-state index contributed by atoms with van der Waals surface area (Å²) in [5.74, 6) is -0.283. The van der Waals surface area contributed by atoms with Crippen molar-refractivity contribution in [3.05, 3.63) is 29.8 Å². The van der Waals surface area contributed by atoms with E-state index in [2.05, 4.69) is 9.99 Å². The Hall–Kier alpha value is -1.29. The summed E-state index contributed by atoms with van der Waals surface area (Å²) in [5.41, 5.74) is 1.66. The third-order valence-corrected chi connectivity index (χ3v) is 2.74. The quantitative estimate of drug-likeness (QED) is 0.550. The largest absolute Gasteiger partial charge is 0.341 e. The van der Waals surface area contributed by atoms with Crippen molar-refractivity contribution >= 4 is 23.4 Å². The van der Waals surface area contributed by atoms with Crippen LogP contribution in [0, 0.1) is 0 Å². The summed E-state index contributed by atoms with van der Waals surface area (Å²) in [6.07, 6.45) is 2.30. The number of oxime groups is 1. The predicted molar refractivity (Wildman–Crippen MR) is 55.5 cm³/mol. The lowest BCUT2D eigenvalue weighted by molar-refractivity contribution is -0.140. The second kappa shape index (κ2) is 3.84. The van der Waals surface area contributed by atoms with E-state index in [0.717, 1.165) is 5.56 Å². The van der Waals surface area contributed by atoms with Crippen LogP contribution in [0.25, 0.3) is 0 Å². The number of hydrogen-bond acceptors (Lipinski definition) is 4. The molecule has 72 valence electrons. The molecule has 0 unspecified atom stereocenters. The average Bonchev–Trinajstić information content (AvgIpc) is 2.65. The number of carbonyl (C=O) groups is 1. The van der Waals surface area contributed by atoms with Gasteiger partial charge in [-0.25, -0.2) is 4.79 Å². The first-order valence-electron chi connectivity index (χ1n) is 4.21. The molecule has 0 aromatic heterocycles. The minimum atomic E-state index is -0.283. The number of thioether (sulfide) groups is 1. The van der Waals surface area contributed by atoms with E-state index in [0.29, 0.717) is 5.71 Å². The Labute approximate surface area is 86.1 Å². The highest BCUT2D eigenvalue weighted by Gasteiger charge is 2.18. The molecule has 1 heterocycles. The number of carbonyl (C=O) groups excluding carboxylic acids is 1. The molecule has 0 amide bonds. The van der Waals surface area contributed by atoms with E-state index in [9.17, 15) is 4.79 Å². The smallest absolute Gasteiger partial charge is 0.318 e. The normalized spacial score (nSPS) is 15.2. The maximum absolute atomic E-state index is 10.8. The number of rotatable bonds is 2. The van der Waals surface area contributed by atoms with Crippen LogP contribution in [0.1, 0.15) is 12.0 Å². The van der Waals surface area contributed by atoms with Crippen molar-refractivity contribution in [3.63, 3.8) is 0 Å². The van der Waals surface area contributed by atoms with Gasteiger partial charge in [-0.05, 0) is 18.4 Å². The Morgan fingerprint density at radius 1 is 1.36 bits per heavy atom. The van der Waals surface area contributed by atoms with E-state index in [4.69, 9.17) is 0 Å². The van der Waals surface area contributed by atoms with E-state index < -0.39 is 0 Å². The van der Waals surface area contributed by atoms with Gasteiger partial charge in [0.15, 0.2) is 0 Å². The highest BCUT2D eigenvalue weighted by Crippen LogP contribution is 2.17. The van der Waals surface area contributed by atoms with E-state index >= 15 is 0 Å². The van der Waals surface area contributed by atoms with Crippen molar-refractivity contribution < 1.29 is 9.63 Å². The van der Waals surface area contributed by atoms with Crippen LogP contribution in [0.2, 0.25) is 0 Å². The molecule has 0 saturated carbocycles. The highest BCUT2D eigenvalue weighted by atomic mass is 32.2. The second-order valence-electron chi connectivity index (χ2n) is 2.91. The fourth-order valence-corrected chi connectivity index (χ4v) is 1.65. The molecule has 0 radical (unpaired) electrons. The Balaban J connectivity index is 2.21. The molecule has 14 heavy (non-hydrogen) atoms. The molecule has 0 spiro atoms. The molecule has 0 fully saturated rings. The van der Waals surface area contributed by atoms with Crippen molar-refractivity contribution in [2.45, 2.75) is 11.3 Å². The Bertz CT molecular complexity index is 384. The fourth-order valence-electron chi connectivity index (χ4n) is 1.25.